The first-order valence-electron chi connectivity index (χ1n) is 6.53. The van der Waals surface area contributed by atoms with Crippen molar-refractivity contribution in [2.45, 2.75) is 0 Å². The number of benzene rings is 2. The number of hydrogen-bond acceptors (Lipinski definition) is 4. The summed E-state index contributed by atoms with van der Waals surface area (Å²) in [5, 5.41) is 0. The number of para-hydroxylation sites is 1. The molecule has 1 aliphatic rings. The SMILES string of the molecule is COc1ccc(C(=O)/C=C/c2cccc3c2OCO3)cc1. The predicted molar refractivity (Wildman–Crippen MR) is 78.9 cm³/mol. The largest absolute Gasteiger partial charge is 0.497 e. The topological polar surface area (TPSA) is 44.8 Å². The number of ether oxygens (including phenoxy) is 3. The zero-order chi connectivity index (χ0) is 14.7. The third-order valence-electron chi connectivity index (χ3n) is 3.22. The molecule has 4 heteroatoms. The standard InChI is InChI=1S/C17H14O4/c1-19-14-8-5-12(6-9-14)15(18)10-7-13-3-2-4-16-17(13)21-11-20-16/h2-10H,11H2,1H3/b10-7+. The number of rotatable bonds is 4. The maximum atomic E-state index is 12.1. The Bertz CT molecular complexity index is 686. The molecule has 2 aromatic rings. The number of carbonyl (C=O) groups is 1. The quantitative estimate of drug-likeness (QED) is 0.637. The maximum absolute atomic E-state index is 12.1. The van der Waals surface area contributed by atoms with E-state index >= 15 is 0 Å². The molecule has 0 atom stereocenters. The van der Waals surface area contributed by atoms with Gasteiger partial charge in [0.25, 0.3) is 0 Å². The van der Waals surface area contributed by atoms with Crippen LogP contribution < -0.4 is 14.2 Å². The normalized spacial score (nSPS) is 12.6. The first-order valence-corrected chi connectivity index (χ1v) is 6.53. The van der Waals surface area contributed by atoms with E-state index in [2.05, 4.69) is 0 Å². The molecule has 2 aromatic carbocycles. The van der Waals surface area contributed by atoms with Crippen LogP contribution in [0.15, 0.2) is 48.5 Å². The van der Waals surface area contributed by atoms with E-state index in [0.29, 0.717) is 17.1 Å². The van der Waals surface area contributed by atoms with Crippen LogP contribution in [0.2, 0.25) is 0 Å². The van der Waals surface area contributed by atoms with E-state index in [4.69, 9.17) is 14.2 Å². The monoisotopic (exact) mass is 282 g/mol. The van der Waals surface area contributed by atoms with E-state index in [1.807, 2.05) is 18.2 Å². The van der Waals surface area contributed by atoms with E-state index in [-0.39, 0.29) is 12.6 Å². The number of hydrogen-bond donors (Lipinski definition) is 0. The van der Waals surface area contributed by atoms with Crippen molar-refractivity contribution in [1.29, 1.82) is 0 Å². The number of fused-ring (bicyclic) bond motifs is 1. The summed E-state index contributed by atoms with van der Waals surface area (Å²) in [6, 6.07) is 12.6. The molecule has 0 aliphatic carbocycles. The lowest BCUT2D eigenvalue weighted by Crippen LogP contribution is -1.95. The van der Waals surface area contributed by atoms with Crippen LogP contribution in [-0.4, -0.2) is 19.7 Å². The fourth-order valence-corrected chi connectivity index (χ4v) is 2.10. The molecule has 106 valence electrons. The van der Waals surface area contributed by atoms with Crippen LogP contribution in [0.5, 0.6) is 17.2 Å². The second kappa shape index (κ2) is 5.71. The van der Waals surface area contributed by atoms with Gasteiger partial charge in [-0.05, 0) is 42.5 Å². The molecule has 21 heavy (non-hydrogen) atoms. The lowest BCUT2D eigenvalue weighted by molar-refractivity contribution is 0.104. The minimum Gasteiger partial charge on any atom is -0.497 e. The minimum absolute atomic E-state index is 0.0748. The molecule has 0 spiro atoms. The number of carbonyl (C=O) groups excluding carboxylic acids is 1. The Balaban J connectivity index is 1.79. The Kier molecular flexibility index (Phi) is 3.60. The summed E-state index contributed by atoms with van der Waals surface area (Å²) < 4.78 is 15.8. The molecule has 0 bridgehead atoms. The average molecular weight is 282 g/mol. The Hall–Kier alpha value is -2.75. The van der Waals surface area contributed by atoms with Crippen molar-refractivity contribution >= 4 is 11.9 Å². The summed E-state index contributed by atoms with van der Waals surface area (Å²) in [5.74, 6) is 2.03. The lowest BCUT2D eigenvalue weighted by atomic mass is 10.1. The van der Waals surface area contributed by atoms with E-state index in [9.17, 15) is 4.79 Å². The molecule has 3 rings (SSSR count). The van der Waals surface area contributed by atoms with Gasteiger partial charge in [-0.15, -0.1) is 0 Å². The van der Waals surface area contributed by atoms with Crippen LogP contribution in [0.1, 0.15) is 15.9 Å². The van der Waals surface area contributed by atoms with Crippen molar-refractivity contribution in [2.24, 2.45) is 0 Å². The zero-order valence-corrected chi connectivity index (χ0v) is 11.5. The van der Waals surface area contributed by atoms with E-state index in [1.165, 1.54) is 6.08 Å². The molecule has 0 N–H and O–H groups in total. The Morgan fingerprint density at radius 1 is 1.14 bits per heavy atom. The molecule has 4 nitrogen and oxygen atoms in total. The molecule has 0 radical (unpaired) electrons. The second-order valence-electron chi connectivity index (χ2n) is 4.51. The first-order chi connectivity index (χ1) is 10.3. The summed E-state index contributed by atoms with van der Waals surface area (Å²) >= 11 is 0. The maximum Gasteiger partial charge on any atom is 0.231 e. The summed E-state index contributed by atoms with van der Waals surface area (Å²) in [6.07, 6.45) is 3.26. The first kappa shape index (κ1) is 13.2. The molecule has 0 fully saturated rings. The van der Waals surface area contributed by atoms with E-state index in [1.54, 1.807) is 37.5 Å². The van der Waals surface area contributed by atoms with Crippen LogP contribution in [0, 0.1) is 0 Å². The number of methoxy groups -OCH3 is 1. The average Bonchev–Trinajstić information content (AvgIpc) is 3.02. The third kappa shape index (κ3) is 2.74. The van der Waals surface area contributed by atoms with Gasteiger partial charge in [0.2, 0.25) is 6.79 Å². The van der Waals surface area contributed by atoms with Gasteiger partial charge in [-0.3, -0.25) is 4.79 Å². The van der Waals surface area contributed by atoms with Crippen LogP contribution >= 0.6 is 0 Å². The predicted octanol–water partition coefficient (Wildman–Crippen LogP) is 3.32. The molecular weight excluding hydrogens is 268 g/mol. The van der Waals surface area contributed by atoms with Gasteiger partial charge >= 0.3 is 0 Å². The Morgan fingerprint density at radius 2 is 1.95 bits per heavy atom. The van der Waals surface area contributed by atoms with Crippen LogP contribution in [0.25, 0.3) is 6.08 Å². The Labute approximate surface area is 122 Å². The summed E-state index contributed by atoms with van der Waals surface area (Å²) in [5.41, 5.74) is 1.43. The van der Waals surface area contributed by atoms with E-state index < -0.39 is 0 Å². The van der Waals surface area contributed by atoms with Crippen molar-refractivity contribution in [3.05, 3.63) is 59.7 Å². The third-order valence-corrected chi connectivity index (χ3v) is 3.22. The van der Waals surface area contributed by atoms with Crippen LogP contribution in [0.4, 0.5) is 0 Å². The van der Waals surface area contributed by atoms with E-state index in [0.717, 1.165) is 11.3 Å². The van der Waals surface area contributed by atoms with Crippen molar-refractivity contribution < 1.29 is 19.0 Å². The number of allylic oxidation sites excluding steroid dienone is 1. The highest BCUT2D eigenvalue weighted by Gasteiger charge is 2.15. The van der Waals surface area contributed by atoms with Gasteiger partial charge in [0.05, 0.1) is 7.11 Å². The fourth-order valence-electron chi connectivity index (χ4n) is 2.10. The Morgan fingerprint density at radius 3 is 2.71 bits per heavy atom. The van der Waals surface area contributed by atoms with Gasteiger partial charge in [0.15, 0.2) is 17.3 Å². The molecule has 0 saturated heterocycles. The minimum atomic E-state index is -0.0748. The highest BCUT2D eigenvalue weighted by molar-refractivity contribution is 6.07. The van der Waals surface area contributed by atoms with Gasteiger partial charge in [0.1, 0.15) is 5.75 Å². The van der Waals surface area contributed by atoms with Crippen molar-refractivity contribution in [2.75, 3.05) is 13.9 Å². The van der Waals surface area contributed by atoms with Gasteiger partial charge in [-0.2, -0.15) is 0 Å². The molecule has 1 aliphatic heterocycles. The molecule has 0 saturated carbocycles. The van der Waals surface area contributed by atoms with Gasteiger partial charge < -0.3 is 14.2 Å². The van der Waals surface area contributed by atoms with Crippen molar-refractivity contribution in [3.63, 3.8) is 0 Å². The number of ketones is 1. The molecule has 1 heterocycles. The highest BCUT2D eigenvalue weighted by atomic mass is 16.7. The van der Waals surface area contributed by atoms with Gasteiger partial charge in [-0.25, -0.2) is 0 Å². The van der Waals surface area contributed by atoms with Crippen LogP contribution in [0.3, 0.4) is 0 Å². The van der Waals surface area contributed by atoms with Gasteiger partial charge in [-0.1, -0.05) is 12.1 Å². The van der Waals surface area contributed by atoms with Crippen LogP contribution in [-0.2, 0) is 0 Å². The zero-order valence-electron chi connectivity index (χ0n) is 11.5. The molecule has 0 aromatic heterocycles. The summed E-state index contributed by atoms with van der Waals surface area (Å²) in [7, 11) is 1.59. The molecule has 0 unspecified atom stereocenters. The smallest absolute Gasteiger partial charge is 0.231 e. The summed E-state index contributed by atoms with van der Waals surface area (Å²) in [6.45, 7) is 0.215. The molecular formula is C17H14O4. The second-order valence-corrected chi connectivity index (χ2v) is 4.51. The van der Waals surface area contributed by atoms with Crippen molar-refractivity contribution in [3.8, 4) is 17.2 Å². The lowest BCUT2D eigenvalue weighted by Gasteiger charge is -2.01. The molecule has 0 amide bonds. The fraction of sp³-hybridized carbons (Fsp3) is 0.118. The highest BCUT2D eigenvalue weighted by Crippen LogP contribution is 2.35. The summed E-state index contributed by atoms with van der Waals surface area (Å²) in [4.78, 5) is 12.1. The van der Waals surface area contributed by atoms with Gasteiger partial charge in [0, 0.05) is 11.1 Å². The van der Waals surface area contributed by atoms with Crippen molar-refractivity contribution in [1.82, 2.24) is 0 Å².